The molecule has 1 aliphatic heterocycles. The molecule has 0 bridgehead atoms. The van der Waals surface area contributed by atoms with Gasteiger partial charge in [0.2, 0.25) is 5.91 Å². The number of nitrogens with one attached hydrogen (secondary N) is 2. The maximum absolute atomic E-state index is 11.9. The first kappa shape index (κ1) is 14.3. The van der Waals surface area contributed by atoms with Gasteiger partial charge in [0.1, 0.15) is 12.3 Å². The van der Waals surface area contributed by atoms with Crippen LogP contribution in [0.5, 0.6) is 5.75 Å². The Morgan fingerprint density at radius 3 is 2.75 bits per heavy atom. The molecule has 0 aromatic heterocycles. The Hall–Kier alpha value is -2.09. The van der Waals surface area contributed by atoms with Crippen LogP contribution in [0.1, 0.15) is 6.92 Å². The number of ether oxygens (including phenoxy) is 1. The van der Waals surface area contributed by atoms with Gasteiger partial charge in [-0.1, -0.05) is 12.1 Å². The number of carbonyl (C=O) groups excluding carboxylic acids is 3. The van der Waals surface area contributed by atoms with E-state index < -0.39 is 23.9 Å². The van der Waals surface area contributed by atoms with Gasteiger partial charge in [-0.25, -0.2) is 9.80 Å². The third-order valence-corrected chi connectivity index (χ3v) is 3.20. The fourth-order valence-corrected chi connectivity index (χ4v) is 1.92. The molecule has 0 aliphatic carbocycles. The molecule has 1 heterocycles. The minimum absolute atomic E-state index is 0.202. The van der Waals surface area contributed by atoms with Gasteiger partial charge < -0.3 is 4.74 Å². The number of benzene rings is 1. The zero-order chi connectivity index (χ0) is 14.7. The molecule has 1 fully saturated rings. The predicted molar refractivity (Wildman–Crippen MR) is 72.6 cm³/mol. The third kappa shape index (κ3) is 3.27. The number of rotatable bonds is 4. The maximum atomic E-state index is 11.9. The summed E-state index contributed by atoms with van der Waals surface area (Å²) in [6, 6.07) is 6.43. The molecule has 0 radical (unpaired) electrons. The van der Waals surface area contributed by atoms with Crippen molar-refractivity contribution < 1.29 is 19.1 Å². The lowest BCUT2D eigenvalue weighted by Crippen LogP contribution is -2.48. The van der Waals surface area contributed by atoms with Crippen LogP contribution in [0, 0.1) is 0 Å². The molecule has 0 unspecified atom stereocenters. The quantitative estimate of drug-likeness (QED) is 0.793. The van der Waals surface area contributed by atoms with Gasteiger partial charge in [-0.05, 0) is 35.0 Å². The average Bonchev–Trinajstić information content (AvgIpc) is 2.70. The average molecular weight is 342 g/mol. The van der Waals surface area contributed by atoms with Gasteiger partial charge in [0.15, 0.2) is 6.10 Å². The topological polar surface area (TPSA) is 87.7 Å². The van der Waals surface area contributed by atoms with Crippen LogP contribution < -0.4 is 15.5 Å². The van der Waals surface area contributed by atoms with Crippen LogP contribution in [0.15, 0.2) is 28.7 Å². The van der Waals surface area contributed by atoms with Gasteiger partial charge in [0.25, 0.3) is 5.91 Å². The molecule has 1 saturated heterocycles. The molecule has 1 aliphatic rings. The SMILES string of the molecule is C[C@H](Oc1ccccc1Br)C(=O)NN1CC(=O)NC1=O. The van der Waals surface area contributed by atoms with E-state index in [2.05, 4.69) is 26.7 Å². The number of amides is 4. The first-order valence-corrected chi connectivity index (χ1v) is 6.59. The molecule has 7 nitrogen and oxygen atoms in total. The van der Waals surface area contributed by atoms with E-state index in [0.717, 1.165) is 5.01 Å². The van der Waals surface area contributed by atoms with Gasteiger partial charge >= 0.3 is 6.03 Å². The second kappa shape index (κ2) is 5.91. The summed E-state index contributed by atoms with van der Waals surface area (Å²) >= 11 is 3.30. The fraction of sp³-hybridized carbons (Fsp3) is 0.250. The summed E-state index contributed by atoms with van der Waals surface area (Å²) in [4.78, 5) is 34.2. The molecular weight excluding hydrogens is 330 g/mol. The third-order valence-electron chi connectivity index (χ3n) is 2.55. The molecule has 1 aromatic rings. The molecule has 106 valence electrons. The Labute approximate surface area is 123 Å². The molecule has 20 heavy (non-hydrogen) atoms. The molecule has 4 amide bonds. The van der Waals surface area contributed by atoms with Crippen LogP contribution in [-0.4, -0.2) is 35.5 Å². The van der Waals surface area contributed by atoms with Crippen molar-refractivity contribution in [2.24, 2.45) is 0 Å². The highest BCUT2D eigenvalue weighted by atomic mass is 79.9. The number of urea groups is 1. The minimum atomic E-state index is -0.822. The van der Waals surface area contributed by atoms with Gasteiger partial charge in [0, 0.05) is 0 Å². The van der Waals surface area contributed by atoms with Gasteiger partial charge in [-0.2, -0.15) is 0 Å². The second-order valence-electron chi connectivity index (χ2n) is 4.11. The number of nitrogens with zero attached hydrogens (tertiary/aromatic N) is 1. The summed E-state index contributed by atoms with van der Waals surface area (Å²) in [6.07, 6.45) is -0.822. The van der Waals surface area contributed by atoms with Crippen molar-refractivity contribution in [1.29, 1.82) is 0 Å². The summed E-state index contributed by atoms with van der Waals surface area (Å²) in [5.74, 6) is -0.475. The number of carbonyl (C=O) groups is 3. The number of halogens is 1. The zero-order valence-corrected chi connectivity index (χ0v) is 12.1. The van der Waals surface area contributed by atoms with E-state index in [1.165, 1.54) is 0 Å². The van der Waals surface area contributed by atoms with E-state index in [4.69, 9.17) is 4.74 Å². The Morgan fingerprint density at radius 2 is 2.15 bits per heavy atom. The van der Waals surface area contributed by atoms with Crippen molar-refractivity contribution in [3.05, 3.63) is 28.7 Å². The summed E-state index contributed by atoms with van der Waals surface area (Å²) < 4.78 is 6.19. The molecule has 8 heteroatoms. The molecular formula is C12H12BrN3O4. The molecule has 0 spiro atoms. The Kier molecular flexibility index (Phi) is 4.23. The van der Waals surface area contributed by atoms with Crippen LogP contribution in [0.25, 0.3) is 0 Å². The lowest BCUT2D eigenvalue weighted by molar-refractivity contribution is -0.131. The van der Waals surface area contributed by atoms with Crippen LogP contribution >= 0.6 is 15.9 Å². The number of imide groups is 1. The van der Waals surface area contributed by atoms with E-state index in [-0.39, 0.29) is 6.54 Å². The summed E-state index contributed by atoms with van der Waals surface area (Å²) in [6.45, 7) is 1.34. The molecule has 1 atom stereocenters. The van der Waals surface area contributed by atoms with E-state index in [0.29, 0.717) is 10.2 Å². The van der Waals surface area contributed by atoms with Crippen molar-refractivity contribution in [3.8, 4) is 5.75 Å². The van der Waals surface area contributed by atoms with Crippen molar-refractivity contribution in [2.45, 2.75) is 13.0 Å². The Morgan fingerprint density at radius 1 is 1.45 bits per heavy atom. The van der Waals surface area contributed by atoms with Crippen molar-refractivity contribution >= 4 is 33.8 Å². The van der Waals surface area contributed by atoms with E-state index in [1.807, 2.05) is 6.07 Å². The molecule has 2 rings (SSSR count). The summed E-state index contributed by atoms with van der Waals surface area (Å²) in [7, 11) is 0. The van der Waals surface area contributed by atoms with E-state index in [1.54, 1.807) is 25.1 Å². The number of hydrogen-bond acceptors (Lipinski definition) is 4. The lowest BCUT2D eigenvalue weighted by atomic mass is 10.3. The van der Waals surface area contributed by atoms with Crippen LogP contribution in [0.2, 0.25) is 0 Å². The number of para-hydroxylation sites is 1. The van der Waals surface area contributed by atoms with Crippen LogP contribution in [0.4, 0.5) is 4.79 Å². The van der Waals surface area contributed by atoms with Crippen LogP contribution in [-0.2, 0) is 9.59 Å². The first-order valence-electron chi connectivity index (χ1n) is 5.80. The Bertz CT molecular complexity index is 563. The Balaban J connectivity index is 1.94. The molecule has 0 saturated carbocycles. The van der Waals surface area contributed by atoms with Gasteiger partial charge in [-0.15, -0.1) is 0 Å². The zero-order valence-electron chi connectivity index (χ0n) is 10.6. The summed E-state index contributed by atoms with van der Waals surface area (Å²) in [5.41, 5.74) is 2.32. The van der Waals surface area contributed by atoms with Crippen molar-refractivity contribution in [1.82, 2.24) is 15.8 Å². The van der Waals surface area contributed by atoms with Gasteiger partial charge in [-0.3, -0.25) is 20.3 Å². The first-order chi connectivity index (χ1) is 9.47. The maximum Gasteiger partial charge on any atom is 0.343 e. The van der Waals surface area contributed by atoms with Gasteiger partial charge in [0.05, 0.1) is 4.47 Å². The van der Waals surface area contributed by atoms with E-state index >= 15 is 0 Å². The highest BCUT2D eigenvalue weighted by Gasteiger charge is 2.29. The standard InChI is InChI=1S/C12H12BrN3O4/c1-7(20-9-5-3-2-4-8(9)13)11(18)15-16-6-10(17)14-12(16)19/h2-5,7H,6H2,1H3,(H,15,18)(H,14,17,19)/t7-/m0/s1. The lowest BCUT2D eigenvalue weighted by Gasteiger charge is -2.19. The largest absolute Gasteiger partial charge is 0.480 e. The monoisotopic (exact) mass is 341 g/mol. The highest BCUT2D eigenvalue weighted by molar-refractivity contribution is 9.10. The predicted octanol–water partition coefficient (Wildman–Crippen LogP) is 0.799. The van der Waals surface area contributed by atoms with Crippen molar-refractivity contribution in [3.63, 3.8) is 0 Å². The summed E-state index contributed by atoms with van der Waals surface area (Å²) in [5, 5.41) is 2.96. The minimum Gasteiger partial charge on any atom is -0.480 e. The van der Waals surface area contributed by atoms with E-state index in [9.17, 15) is 14.4 Å². The van der Waals surface area contributed by atoms with Crippen LogP contribution in [0.3, 0.4) is 0 Å². The smallest absolute Gasteiger partial charge is 0.343 e. The fourth-order valence-electron chi connectivity index (χ4n) is 1.54. The normalized spacial score (nSPS) is 15.8. The number of hydrogen-bond donors (Lipinski definition) is 2. The molecule has 2 N–H and O–H groups in total. The van der Waals surface area contributed by atoms with Crippen molar-refractivity contribution in [2.75, 3.05) is 6.54 Å². The second-order valence-corrected chi connectivity index (χ2v) is 4.96. The highest BCUT2D eigenvalue weighted by Crippen LogP contribution is 2.24. The number of hydrazine groups is 1. The molecule has 1 aromatic carbocycles.